The molecule has 0 aliphatic carbocycles. The molecule has 8 heteroatoms. The van der Waals surface area contributed by atoms with Gasteiger partial charge >= 0.3 is 0 Å². The van der Waals surface area contributed by atoms with Crippen LogP contribution in [0.5, 0.6) is 0 Å². The van der Waals surface area contributed by atoms with E-state index in [4.69, 9.17) is 0 Å². The van der Waals surface area contributed by atoms with E-state index in [0.717, 1.165) is 11.1 Å². The van der Waals surface area contributed by atoms with E-state index in [1.807, 2.05) is 25.1 Å². The van der Waals surface area contributed by atoms with Crippen molar-refractivity contribution in [1.82, 2.24) is 9.80 Å². The second-order valence-corrected chi connectivity index (χ2v) is 9.24. The number of nitrogens with zero attached hydrogens (tertiary/aromatic N) is 3. The zero-order valence-electron chi connectivity index (χ0n) is 20.0. The molecule has 0 saturated carbocycles. The molecule has 36 heavy (non-hydrogen) atoms. The lowest BCUT2D eigenvalue weighted by molar-refractivity contribution is -0.126. The minimum absolute atomic E-state index is 0.00262. The highest BCUT2D eigenvalue weighted by Crippen LogP contribution is 2.32. The van der Waals surface area contributed by atoms with Crippen LogP contribution in [0.3, 0.4) is 0 Å². The van der Waals surface area contributed by atoms with E-state index in [1.165, 1.54) is 24.3 Å². The van der Waals surface area contributed by atoms with Crippen LogP contribution in [0.1, 0.15) is 24.1 Å². The van der Waals surface area contributed by atoms with Gasteiger partial charge in [-0.05, 0) is 54.4 Å². The Morgan fingerprint density at radius 1 is 0.806 bits per heavy atom. The van der Waals surface area contributed by atoms with Gasteiger partial charge in [0.1, 0.15) is 18.2 Å². The van der Waals surface area contributed by atoms with Gasteiger partial charge in [-0.3, -0.25) is 24.3 Å². The van der Waals surface area contributed by atoms with Crippen molar-refractivity contribution in [3.05, 3.63) is 95.6 Å². The van der Waals surface area contributed by atoms with Gasteiger partial charge in [-0.25, -0.2) is 8.78 Å². The molecule has 0 unspecified atom stereocenters. The van der Waals surface area contributed by atoms with Gasteiger partial charge in [0, 0.05) is 26.2 Å². The summed E-state index contributed by atoms with van der Waals surface area (Å²) in [7, 11) is 0. The van der Waals surface area contributed by atoms with Gasteiger partial charge in [0.25, 0.3) is 0 Å². The molecule has 2 amide bonds. The van der Waals surface area contributed by atoms with E-state index >= 15 is 0 Å². The summed E-state index contributed by atoms with van der Waals surface area (Å²) in [4.78, 5) is 31.6. The van der Waals surface area contributed by atoms with Gasteiger partial charge in [0.2, 0.25) is 11.8 Å². The molecule has 0 aromatic heterocycles. The van der Waals surface area contributed by atoms with Crippen LogP contribution in [0.2, 0.25) is 0 Å². The van der Waals surface area contributed by atoms with Crippen LogP contribution in [-0.4, -0.2) is 60.4 Å². The third-order valence-corrected chi connectivity index (χ3v) is 7.03. The minimum Gasteiger partial charge on any atom is -0.323 e. The Morgan fingerprint density at radius 3 is 1.92 bits per heavy atom. The molecule has 2 heterocycles. The zero-order chi connectivity index (χ0) is 25.2. The first kappa shape index (κ1) is 24.1. The molecular formula is C28H28F2N4O2. The molecule has 6 nitrogen and oxygen atoms in total. The smallest absolute Gasteiger partial charge is 0.244 e. The number of rotatable bonds is 5. The summed E-state index contributed by atoms with van der Waals surface area (Å²) >= 11 is 0. The van der Waals surface area contributed by atoms with E-state index in [1.54, 1.807) is 35.2 Å². The Kier molecular flexibility index (Phi) is 6.80. The number of anilines is 2. The van der Waals surface area contributed by atoms with E-state index in [0.29, 0.717) is 37.6 Å². The number of hydrogen-bond donors (Lipinski definition) is 1. The van der Waals surface area contributed by atoms with Crippen molar-refractivity contribution in [2.75, 3.05) is 42.9 Å². The molecule has 1 fully saturated rings. The third-order valence-electron chi connectivity index (χ3n) is 7.03. The number of piperazine rings is 1. The number of amides is 2. The number of nitrogens with one attached hydrogen (secondary N) is 1. The fraction of sp³-hybridized carbons (Fsp3) is 0.286. The predicted octanol–water partition coefficient (Wildman–Crippen LogP) is 4.05. The monoisotopic (exact) mass is 490 g/mol. The van der Waals surface area contributed by atoms with Crippen molar-refractivity contribution in [2.24, 2.45) is 0 Å². The minimum atomic E-state index is -0.402. The predicted molar refractivity (Wildman–Crippen MR) is 135 cm³/mol. The van der Waals surface area contributed by atoms with E-state index in [9.17, 15) is 18.4 Å². The topological polar surface area (TPSA) is 55.9 Å². The lowest BCUT2D eigenvalue weighted by atomic mass is 9.96. The quantitative estimate of drug-likeness (QED) is 0.587. The molecule has 5 rings (SSSR count). The highest BCUT2D eigenvalue weighted by Gasteiger charge is 2.35. The summed E-state index contributed by atoms with van der Waals surface area (Å²) in [6.07, 6.45) is 0. The first-order valence-electron chi connectivity index (χ1n) is 12.1. The highest BCUT2D eigenvalue weighted by atomic mass is 19.1. The van der Waals surface area contributed by atoms with Crippen LogP contribution in [0.4, 0.5) is 20.2 Å². The molecule has 3 aromatic carbocycles. The summed E-state index contributed by atoms with van der Waals surface area (Å²) in [5, 5.41) is 2.82. The molecule has 1 saturated heterocycles. The van der Waals surface area contributed by atoms with Crippen molar-refractivity contribution in [3.63, 3.8) is 0 Å². The van der Waals surface area contributed by atoms with Crippen LogP contribution in [0.25, 0.3) is 0 Å². The second-order valence-electron chi connectivity index (χ2n) is 9.24. The number of benzene rings is 3. The third kappa shape index (κ3) is 4.87. The first-order valence-corrected chi connectivity index (χ1v) is 12.1. The van der Waals surface area contributed by atoms with Crippen LogP contribution in [-0.2, 0) is 9.59 Å². The Labute approximate surface area is 209 Å². The molecule has 3 aromatic rings. The van der Waals surface area contributed by atoms with Gasteiger partial charge in [-0.15, -0.1) is 0 Å². The highest BCUT2D eigenvalue weighted by molar-refractivity contribution is 6.11. The standard InChI is InChI=1S/C28H28F2N4O2/c1-19(28(36)34-18-26(35)31-24-4-2-3-5-25(24)34)32-14-16-33(17-15-32)27(20-6-10-22(29)11-7-20)21-8-12-23(30)13-9-21/h2-13,19,27H,14-18H2,1H3,(H,31,35)/t19-/m0/s1. The van der Waals surface area contributed by atoms with Crippen molar-refractivity contribution >= 4 is 23.2 Å². The van der Waals surface area contributed by atoms with Crippen molar-refractivity contribution in [1.29, 1.82) is 0 Å². The molecule has 0 spiro atoms. The Balaban J connectivity index is 1.31. The maximum Gasteiger partial charge on any atom is 0.244 e. The van der Waals surface area contributed by atoms with E-state index < -0.39 is 6.04 Å². The van der Waals surface area contributed by atoms with E-state index in [-0.39, 0.29) is 36.0 Å². The summed E-state index contributed by atoms with van der Waals surface area (Å²) in [5.74, 6) is -0.927. The fourth-order valence-electron chi connectivity index (χ4n) is 5.10. The average molecular weight is 491 g/mol. The lowest BCUT2D eigenvalue weighted by Crippen LogP contribution is -2.56. The van der Waals surface area contributed by atoms with E-state index in [2.05, 4.69) is 15.1 Å². The van der Waals surface area contributed by atoms with Crippen LogP contribution in [0, 0.1) is 11.6 Å². The van der Waals surface area contributed by atoms with Crippen LogP contribution < -0.4 is 10.2 Å². The number of hydrogen-bond acceptors (Lipinski definition) is 4. The van der Waals surface area contributed by atoms with Gasteiger partial charge in [-0.2, -0.15) is 0 Å². The summed E-state index contributed by atoms with van der Waals surface area (Å²) in [6, 6.07) is 19.6. The average Bonchev–Trinajstić information content (AvgIpc) is 2.90. The van der Waals surface area contributed by atoms with Gasteiger partial charge in [0.05, 0.1) is 23.5 Å². The molecule has 0 bridgehead atoms. The number of halogens is 2. The van der Waals surface area contributed by atoms with Crippen LogP contribution in [0.15, 0.2) is 72.8 Å². The Morgan fingerprint density at radius 2 is 1.33 bits per heavy atom. The van der Waals surface area contributed by atoms with Crippen molar-refractivity contribution in [3.8, 4) is 0 Å². The van der Waals surface area contributed by atoms with Crippen molar-refractivity contribution in [2.45, 2.75) is 19.0 Å². The zero-order valence-corrected chi connectivity index (χ0v) is 20.0. The van der Waals surface area contributed by atoms with Crippen molar-refractivity contribution < 1.29 is 18.4 Å². The summed E-state index contributed by atoms with van der Waals surface area (Å²) in [6.45, 7) is 4.52. The number of carbonyl (C=O) groups is 2. The second kappa shape index (κ2) is 10.2. The Hall–Kier alpha value is -3.62. The maximum absolute atomic E-state index is 13.6. The van der Waals surface area contributed by atoms with Gasteiger partial charge < -0.3 is 5.32 Å². The number of fused-ring (bicyclic) bond motifs is 1. The summed E-state index contributed by atoms with van der Waals surface area (Å²) < 4.78 is 27.2. The van der Waals surface area contributed by atoms with Crippen LogP contribution >= 0.6 is 0 Å². The maximum atomic E-state index is 13.6. The SMILES string of the molecule is C[C@@H](C(=O)N1CC(=O)Nc2ccccc21)N1CCN(C(c2ccc(F)cc2)c2ccc(F)cc2)CC1. The molecule has 2 aliphatic heterocycles. The molecule has 2 aliphatic rings. The largest absolute Gasteiger partial charge is 0.323 e. The normalized spacial score (nSPS) is 17.6. The lowest BCUT2D eigenvalue weighted by Gasteiger charge is -2.42. The van der Waals surface area contributed by atoms with Gasteiger partial charge in [-0.1, -0.05) is 36.4 Å². The van der Waals surface area contributed by atoms with Gasteiger partial charge in [0.15, 0.2) is 0 Å². The number of carbonyl (C=O) groups excluding carboxylic acids is 2. The molecule has 186 valence electrons. The summed E-state index contributed by atoms with van der Waals surface area (Å²) in [5.41, 5.74) is 3.20. The molecular weight excluding hydrogens is 462 g/mol. The number of para-hydroxylation sites is 2. The first-order chi connectivity index (χ1) is 17.4. The molecule has 0 radical (unpaired) electrons. The fourth-order valence-corrected chi connectivity index (χ4v) is 5.10. The molecule has 1 atom stereocenters. The Bertz CT molecular complexity index is 1200. The molecule has 1 N–H and O–H groups in total.